The van der Waals surface area contributed by atoms with Crippen molar-refractivity contribution in [2.24, 2.45) is 0 Å². The number of anilines is 1. The van der Waals surface area contributed by atoms with E-state index in [2.05, 4.69) is 9.97 Å². The van der Waals surface area contributed by atoms with Crippen molar-refractivity contribution in [2.45, 2.75) is 0 Å². The van der Waals surface area contributed by atoms with Crippen molar-refractivity contribution in [2.75, 3.05) is 5.73 Å². The van der Waals surface area contributed by atoms with Crippen LogP contribution >= 0.6 is 11.6 Å². The van der Waals surface area contributed by atoms with Crippen LogP contribution in [0.5, 0.6) is 11.6 Å². The first-order chi connectivity index (χ1) is 7.65. The van der Waals surface area contributed by atoms with Gasteiger partial charge >= 0.3 is 0 Å². The van der Waals surface area contributed by atoms with Crippen molar-refractivity contribution in [1.82, 2.24) is 9.97 Å². The Morgan fingerprint density at radius 1 is 1.25 bits per heavy atom. The van der Waals surface area contributed by atoms with Crippen LogP contribution in [0.1, 0.15) is 0 Å². The highest BCUT2D eigenvalue weighted by Crippen LogP contribution is 2.28. The fourth-order valence-corrected chi connectivity index (χ4v) is 1.26. The summed E-state index contributed by atoms with van der Waals surface area (Å²) < 4.78 is 18.0. The average Bonchev–Trinajstić information content (AvgIpc) is 2.25. The number of halogens is 2. The van der Waals surface area contributed by atoms with Crippen LogP contribution in [0.25, 0.3) is 0 Å². The molecule has 82 valence electrons. The average molecular weight is 240 g/mol. The first kappa shape index (κ1) is 10.6. The third-order valence-electron chi connectivity index (χ3n) is 1.76. The number of ether oxygens (including phenoxy) is 1. The van der Waals surface area contributed by atoms with E-state index in [0.717, 1.165) is 6.07 Å². The Balaban J connectivity index is 2.23. The fourth-order valence-electron chi connectivity index (χ4n) is 1.05. The summed E-state index contributed by atoms with van der Waals surface area (Å²) in [5, 5.41) is 0.165. The second kappa shape index (κ2) is 4.32. The van der Waals surface area contributed by atoms with Crippen LogP contribution in [0.2, 0.25) is 5.02 Å². The van der Waals surface area contributed by atoms with Crippen molar-refractivity contribution < 1.29 is 9.13 Å². The van der Waals surface area contributed by atoms with Crippen LogP contribution in [0, 0.1) is 5.82 Å². The molecule has 0 aliphatic heterocycles. The second-order valence-corrected chi connectivity index (χ2v) is 3.36. The zero-order valence-electron chi connectivity index (χ0n) is 8.02. The van der Waals surface area contributed by atoms with Gasteiger partial charge in [0.05, 0.1) is 17.4 Å². The Kier molecular flexibility index (Phi) is 2.87. The molecule has 2 N–H and O–H groups in total. The molecule has 2 rings (SSSR count). The minimum atomic E-state index is -0.430. The quantitative estimate of drug-likeness (QED) is 0.875. The molecule has 0 unspecified atom stereocenters. The van der Waals surface area contributed by atoms with E-state index >= 15 is 0 Å². The summed E-state index contributed by atoms with van der Waals surface area (Å²) in [4.78, 5) is 7.67. The molecule has 0 amide bonds. The van der Waals surface area contributed by atoms with E-state index in [1.54, 1.807) is 0 Å². The van der Waals surface area contributed by atoms with E-state index in [0.29, 0.717) is 5.75 Å². The molecule has 0 bridgehead atoms. The zero-order valence-corrected chi connectivity index (χ0v) is 8.78. The number of nitrogen functional groups attached to an aromatic ring is 1. The summed E-state index contributed by atoms with van der Waals surface area (Å²) in [7, 11) is 0. The minimum Gasteiger partial charge on any atom is -0.436 e. The van der Waals surface area contributed by atoms with E-state index in [1.165, 1.54) is 24.5 Å². The zero-order chi connectivity index (χ0) is 11.5. The number of nitrogens with two attached hydrogens (primary N) is 1. The standard InChI is InChI=1S/C10H7ClFN3O/c11-7-3-6(12)1-2-8(7)16-10-5-14-9(13)4-15-10/h1-5H,(H2,13,14). The lowest BCUT2D eigenvalue weighted by atomic mass is 10.3. The Hall–Kier alpha value is -1.88. The largest absolute Gasteiger partial charge is 0.436 e. The molecule has 0 saturated carbocycles. The highest BCUT2D eigenvalue weighted by atomic mass is 35.5. The maximum absolute atomic E-state index is 12.8. The van der Waals surface area contributed by atoms with Gasteiger partial charge in [-0.15, -0.1) is 0 Å². The number of hydrogen-bond donors (Lipinski definition) is 1. The van der Waals surface area contributed by atoms with Crippen molar-refractivity contribution in [1.29, 1.82) is 0 Å². The normalized spacial score (nSPS) is 10.1. The number of hydrogen-bond acceptors (Lipinski definition) is 4. The molecule has 6 heteroatoms. The van der Waals surface area contributed by atoms with Gasteiger partial charge in [-0.05, 0) is 18.2 Å². The van der Waals surface area contributed by atoms with Gasteiger partial charge in [0.1, 0.15) is 17.4 Å². The molecule has 0 atom stereocenters. The monoisotopic (exact) mass is 239 g/mol. The Morgan fingerprint density at radius 3 is 2.69 bits per heavy atom. The van der Waals surface area contributed by atoms with E-state index in [9.17, 15) is 4.39 Å². The smallest absolute Gasteiger partial charge is 0.238 e. The molecule has 1 aromatic carbocycles. The summed E-state index contributed by atoms with van der Waals surface area (Å²) in [5.74, 6) is 0.406. The van der Waals surface area contributed by atoms with Crippen LogP contribution < -0.4 is 10.5 Å². The maximum Gasteiger partial charge on any atom is 0.238 e. The molecule has 0 radical (unpaired) electrons. The third kappa shape index (κ3) is 2.38. The van der Waals surface area contributed by atoms with Gasteiger partial charge in [-0.3, -0.25) is 0 Å². The van der Waals surface area contributed by atoms with Gasteiger partial charge in [-0.1, -0.05) is 11.6 Å². The summed E-state index contributed by atoms with van der Waals surface area (Å²) in [6.07, 6.45) is 2.71. The molecule has 1 aromatic heterocycles. The highest BCUT2D eigenvalue weighted by Gasteiger charge is 2.05. The van der Waals surface area contributed by atoms with Crippen LogP contribution in [-0.2, 0) is 0 Å². The van der Waals surface area contributed by atoms with E-state index in [-0.39, 0.29) is 16.7 Å². The lowest BCUT2D eigenvalue weighted by Crippen LogP contribution is -1.94. The molecular formula is C10H7ClFN3O. The Bertz CT molecular complexity index is 504. The summed E-state index contributed by atoms with van der Waals surface area (Å²) in [6.45, 7) is 0. The predicted octanol–water partition coefficient (Wildman–Crippen LogP) is 2.64. The van der Waals surface area contributed by atoms with Gasteiger partial charge in [0.15, 0.2) is 0 Å². The van der Waals surface area contributed by atoms with Gasteiger partial charge in [0, 0.05) is 0 Å². The molecule has 16 heavy (non-hydrogen) atoms. The number of rotatable bonds is 2. The molecular weight excluding hydrogens is 233 g/mol. The van der Waals surface area contributed by atoms with Crippen molar-refractivity contribution in [3.63, 3.8) is 0 Å². The lowest BCUT2D eigenvalue weighted by molar-refractivity contribution is 0.459. The molecule has 0 aliphatic carbocycles. The third-order valence-corrected chi connectivity index (χ3v) is 2.05. The van der Waals surface area contributed by atoms with E-state index < -0.39 is 5.82 Å². The molecule has 0 aliphatic rings. The van der Waals surface area contributed by atoms with Crippen molar-refractivity contribution in [3.05, 3.63) is 41.4 Å². The molecule has 0 spiro atoms. The van der Waals surface area contributed by atoms with Gasteiger partial charge < -0.3 is 10.5 Å². The SMILES string of the molecule is Nc1cnc(Oc2ccc(F)cc2Cl)cn1. The molecule has 0 fully saturated rings. The Morgan fingerprint density at radius 2 is 2.06 bits per heavy atom. The predicted molar refractivity (Wildman–Crippen MR) is 57.9 cm³/mol. The van der Waals surface area contributed by atoms with Crippen molar-refractivity contribution in [3.8, 4) is 11.6 Å². The minimum absolute atomic E-state index is 0.165. The summed E-state index contributed by atoms with van der Waals surface area (Å²) in [5.41, 5.74) is 5.37. The summed E-state index contributed by atoms with van der Waals surface area (Å²) in [6, 6.07) is 3.81. The Labute approximate surface area is 95.9 Å². The number of nitrogens with zero attached hydrogens (tertiary/aromatic N) is 2. The first-order valence-corrected chi connectivity index (χ1v) is 4.73. The van der Waals surface area contributed by atoms with Gasteiger partial charge in [-0.2, -0.15) is 0 Å². The van der Waals surface area contributed by atoms with Gasteiger partial charge in [0.25, 0.3) is 0 Å². The second-order valence-electron chi connectivity index (χ2n) is 2.96. The van der Waals surface area contributed by atoms with Crippen molar-refractivity contribution >= 4 is 17.4 Å². The maximum atomic E-state index is 12.8. The van der Waals surface area contributed by atoms with Crippen LogP contribution in [0.3, 0.4) is 0 Å². The van der Waals surface area contributed by atoms with Crippen LogP contribution in [0.15, 0.2) is 30.6 Å². The fraction of sp³-hybridized carbons (Fsp3) is 0. The number of benzene rings is 1. The highest BCUT2D eigenvalue weighted by molar-refractivity contribution is 6.32. The summed E-state index contributed by atoms with van der Waals surface area (Å²) >= 11 is 5.77. The van der Waals surface area contributed by atoms with Crippen LogP contribution in [0.4, 0.5) is 10.2 Å². The molecule has 0 saturated heterocycles. The van der Waals surface area contributed by atoms with Gasteiger partial charge in [-0.25, -0.2) is 14.4 Å². The number of aromatic nitrogens is 2. The van der Waals surface area contributed by atoms with Gasteiger partial charge in [0.2, 0.25) is 5.88 Å². The first-order valence-electron chi connectivity index (χ1n) is 4.35. The van der Waals surface area contributed by atoms with Crippen LogP contribution in [-0.4, -0.2) is 9.97 Å². The lowest BCUT2D eigenvalue weighted by Gasteiger charge is -2.05. The molecule has 1 heterocycles. The van der Waals surface area contributed by atoms with E-state index in [4.69, 9.17) is 22.1 Å². The van der Waals surface area contributed by atoms with E-state index in [1.807, 2.05) is 0 Å². The molecule has 4 nitrogen and oxygen atoms in total. The molecule has 2 aromatic rings. The topological polar surface area (TPSA) is 61.0 Å².